The van der Waals surface area contributed by atoms with Gasteiger partial charge >= 0.3 is 0 Å². The second-order valence-electron chi connectivity index (χ2n) is 5.60. The number of aryl methyl sites for hydroxylation is 2. The highest BCUT2D eigenvalue weighted by Crippen LogP contribution is 2.33. The molecule has 21 heavy (non-hydrogen) atoms. The van der Waals surface area contributed by atoms with Crippen LogP contribution >= 0.6 is 0 Å². The van der Waals surface area contributed by atoms with Gasteiger partial charge in [0.1, 0.15) is 17.8 Å². The fraction of sp³-hybridized carbons (Fsp3) is 0.312. The average molecular weight is 279 g/mol. The van der Waals surface area contributed by atoms with E-state index < -0.39 is 0 Å². The maximum absolute atomic E-state index is 4.42. The monoisotopic (exact) mass is 279 g/mol. The molecule has 1 unspecified atom stereocenters. The van der Waals surface area contributed by atoms with Crippen LogP contribution in [0, 0.1) is 6.92 Å². The highest BCUT2D eigenvalue weighted by atomic mass is 15.1. The number of hydrogen-bond acceptors (Lipinski definition) is 4. The molecule has 4 rings (SSSR count). The average Bonchev–Trinajstić information content (AvgIpc) is 2.89. The van der Waals surface area contributed by atoms with Gasteiger partial charge in [-0.1, -0.05) is 0 Å². The summed E-state index contributed by atoms with van der Waals surface area (Å²) in [7, 11) is 0. The fourth-order valence-electron chi connectivity index (χ4n) is 3.13. The Hall–Kier alpha value is -2.43. The zero-order valence-electron chi connectivity index (χ0n) is 11.9. The molecule has 5 nitrogen and oxygen atoms in total. The van der Waals surface area contributed by atoms with E-state index in [1.807, 2.05) is 19.3 Å². The lowest BCUT2D eigenvalue weighted by Gasteiger charge is -2.26. The third-order valence-corrected chi connectivity index (χ3v) is 4.13. The number of H-pyrrole nitrogens is 1. The third kappa shape index (κ3) is 2.14. The van der Waals surface area contributed by atoms with Gasteiger partial charge in [0.25, 0.3) is 0 Å². The smallest absolute Gasteiger partial charge is 0.143 e. The van der Waals surface area contributed by atoms with Gasteiger partial charge in [0.15, 0.2) is 0 Å². The van der Waals surface area contributed by atoms with Crippen molar-refractivity contribution in [3.05, 3.63) is 47.7 Å². The lowest BCUT2D eigenvalue weighted by atomic mass is 9.89. The zero-order chi connectivity index (χ0) is 14.2. The summed E-state index contributed by atoms with van der Waals surface area (Å²) in [5.41, 5.74) is 4.67. The SMILES string of the molecule is Cc1cc2c(NC3CCCc4ccncc43)ncnc2[nH]1. The van der Waals surface area contributed by atoms with Gasteiger partial charge in [-0.2, -0.15) is 0 Å². The normalized spacial score (nSPS) is 17.7. The molecule has 0 fully saturated rings. The topological polar surface area (TPSA) is 66.5 Å². The van der Waals surface area contributed by atoms with Gasteiger partial charge in [-0.3, -0.25) is 4.98 Å². The quantitative estimate of drug-likeness (QED) is 0.756. The van der Waals surface area contributed by atoms with Crippen LogP contribution in [-0.4, -0.2) is 19.9 Å². The highest BCUT2D eigenvalue weighted by molar-refractivity contribution is 5.87. The van der Waals surface area contributed by atoms with Gasteiger partial charge < -0.3 is 10.3 Å². The number of anilines is 1. The second kappa shape index (κ2) is 4.84. The van der Waals surface area contributed by atoms with Crippen LogP contribution in [0.4, 0.5) is 5.82 Å². The molecule has 0 bridgehead atoms. The summed E-state index contributed by atoms with van der Waals surface area (Å²) in [6, 6.07) is 4.49. The Kier molecular flexibility index (Phi) is 2.84. The minimum Gasteiger partial charge on any atom is -0.363 e. The Morgan fingerprint density at radius 2 is 2.29 bits per heavy atom. The maximum atomic E-state index is 4.42. The molecule has 0 aliphatic heterocycles. The van der Waals surface area contributed by atoms with Crippen LogP contribution in [0.1, 0.15) is 35.7 Å². The largest absolute Gasteiger partial charge is 0.363 e. The molecule has 0 saturated heterocycles. The van der Waals surface area contributed by atoms with Gasteiger partial charge in [0, 0.05) is 18.1 Å². The van der Waals surface area contributed by atoms with E-state index in [0.29, 0.717) is 0 Å². The van der Waals surface area contributed by atoms with Gasteiger partial charge in [0.2, 0.25) is 0 Å². The zero-order valence-corrected chi connectivity index (χ0v) is 11.9. The van der Waals surface area contributed by atoms with E-state index in [2.05, 4.69) is 37.4 Å². The van der Waals surface area contributed by atoms with Crippen molar-refractivity contribution in [1.82, 2.24) is 19.9 Å². The molecule has 106 valence electrons. The molecule has 0 saturated carbocycles. The van der Waals surface area contributed by atoms with Crippen molar-refractivity contribution in [2.24, 2.45) is 0 Å². The van der Waals surface area contributed by atoms with Crippen LogP contribution in [0.5, 0.6) is 0 Å². The first-order valence-corrected chi connectivity index (χ1v) is 7.31. The summed E-state index contributed by atoms with van der Waals surface area (Å²) in [4.78, 5) is 16.2. The van der Waals surface area contributed by atoms with Crippen LogP contribution in [0.3, 0.4) is 0 Å². The van der Waals surface area contributed by atoms with E-state index in [1.54, 1.807) is 6.33 Å². The minimum atomic E-state index is 0.274. The van der Waals surface area contributed by atoms with E-state index in [4.69, 9.17) is 0 Å². The molecule has 0 spiro atoms. The lowest BCUT2D eigenvalue weighted by Crippen LogP contribution is -2.18. The predicted molar refractivity (Wildman–Crippen MR) is 82.2 cm³/mol. The van der Waals surface area contributed by atoms with Crippen LogP contribution in [0.15, 0.2) is 30.9 Å². The number of hydrogen-bond donors (Lipinski definition) is 2. The first-order valence-electron chi connectivity index (χ1n) is 7.31. The Morgan fingerprint density at radius 3 is 3.24 bits per heavy atom. The molecular formula is C16H17N5. The van der Waals surface area contributed by atoms with Crippen LogP contribution in [-0.2, 0) is 6.42 Å². The number of aromatic nitrogens is 4. The molecule has 2 N–H and O–H groups in total. The molecular weight excluding hydrogens is 262 g/mol. The highest BCUT2D eigenvalue weighted by Gasteiger charge is 2.21. The van der Waals surface area contributed by atoms with Crippen molar-refractivity contribution in [1.29, 1.82) is 0 Å². The summed E-state index contributed by atoms with van der Waals surface area (Å²) >= 11 is 0. The van der Waals surface area contributed by atoms with Crippen molar-refractivity contribution in [3.63, 3.8) is 0 Å². The Morgan fingerprint density at radius 1 is 1.33 bits per heavy atom. The van der Waals surface area contributed by atoms with E-state index in [9.17, 15) is 0 Å². The summed E-state index contributed by atoms with van der Waals surface area (Å²) < 4.78 is 0. The Bertz CT molecular complexity index is 792. The first kappa shape index (κ1) is 12.3. The van der Waals surface area contributed by atoms with Crippen molar-refractivity contribution in [2.75, 3.05) is 5.32 Å². The van der Waals surface area contributed by atoms with Gasteiger partial charge in [-0.15, -0.1) is 0 Å². The van der Waals surface area contributed by atoms with Crippen molar-refractivity contribution >= 4 is 16.9 Å². The summed E-state index contributed by atoms with van der Waals surface area (Å²) in [6.45, 7) is 2.03. The maximum Gasteiger partial charge on any atom is 0.143 e. The number of pyridine rings is 1. The number of nitrogens with zero attached hydrogens (tertiary/aromatic N) is 3. The molecule has 3 heterocycles. The first-order chi connectivity index (χ1) is 10.3. The van der Waals surface area contributed by atoms with Crippen molar-refractivity contribution in [3.8, 4) is 0 Å². The molecule has 5 heteroatoms. The van der Waals surface area contributed by atoms with Gasteiger partial charge in [-0.05, 0) is 49.4 Å². The fourth-order valence-corrected chi connectivity index (χ4v) is 3.13. The van der Waals surface area contributed by atoms with Gasteiger partial charge in [-0.25, -0.2) is 9.97 Å². The predicted octanol–water partition coefficient (Wildman–Crippen LogP) is 3.15. The Balaban J connectivity index is 1.73. The number of fused-ring (bicyclic) bond motifs is 2. The molecule has 3 aromatic rings. The molecule has 3 aromatic heterocycles. The van der Waals surface area contributed by atoms with Gasteiger partial charge in [0.05, 0.1) is 11.4 Å². The standard InChI is InChI=1S/C16H17N5/c1-10-7-12-15(20-10)18-9-19-16(12)21-14-4-2-3-11-5-6-17-8-13(11)14/h5-9,14H,2-4H2,1H3,(H2,18,19,20,21). The number of rotatable bonds is 2. The summed E-state index contributed by atoms with van der Waals surface area (Å²) in [5, 5.41) is 4.63. The lowest BCUT2D eigenvalue weighted by molar-refractivity contribution is 0.596. The molecule has 1 atom stereocenters. The summed E-state index contributed by atoms with van der Waals surface area (Å²) in [6.07, 6.45) is 8.89. The number of aromatic amines is 1. The Labute approximate surface area is 122 Å². The second-order valence-corrected chi connectivity index (χ2v) is 5.60. The van der Waals surface area contributed by atoms with Crippen LogP contribution in [0.25, 0.3) is 11.0 Å². The summed E-state index contributed by atoms with van der Waals surface area (Å²) in [5.74, 6) is 0.894. The van der Waals surface area contributed by atoms with E-state index in [1.165, 1.54) is 17.5 Å². The third-order valence-electron chi connectivity index (χ3n) is 4.13. The van der Waals surface area contributed by atoms with Crippen LogP contribution < -0.4 is 5.32 Å². The molecule has 1 aliphatic rings. The van der Waals surface area contributed by atoms with E-state index in [-0.39, 0.29) is 6.04 Å². The molecule has 0 amide bonds. The molecule has 0 aromatic carbocycles. The number of nitrogens with one attached hydrogen (secondary N) is 2. The van der Waals surface area contributed by atoms with Crippen molar-refractivity contribution < 1.29 is 0 Å². The minimum absolute atomic E-state index is 0.274. The molecule has 0 radical (unpaired) electrons. The van der Waals surface area contributed by atoms with E-state index in [0.717, 1.165) is 35.4 Å². The van der Waals surface area contributed by atoms with Crippen molar-refractivity contribution in [2.45, 2.75) is 32.2 Å². The van der Waals surface area contributed by atoms with E-state index >= 15 is 0 Å². The van der Waals surface area contributed by atoms with Crippen LogP contribution in [0.2, 0.25) is 0 Å². The molecule has 1 aliphatic carbocycles.